The normalized spacial score (nSPS) is 10.3. The van der Waals surface area contributed by atoms with Gasteiger partial charge in [-0.3, -0.25) is 0 Å². The van der Waals surface area contributed by atoms with Gasteiger partial charge in [0.1, 0.15) is 17.3 Å². The molecular formula is C10H6F2N. The zero-order valence-corrected chi connectivity index (χ0v) is 6.67. The molecule has 0 bridgehead atoms. The Hall–Kier alpha value is -1.64. The maximum Gasteiger partial charge on any atom is 0.150 e. The van der Waals surface area contributed by atoms with Crippen molar-refractivity contribution in [2.75, 3.05) is 0 Å². The van der Waals surface area contributed by atoms with E-state index in [-0.39, 0.29) is 5.69 Å². The molecule has 0 amide bonds. The lowest BCUT2D eigenvalue weighted by Gasteiger charge is -2.04. The summed E-state index contributed by atoms with van der Waals surface area (Å²) in [6, 6.07) is 8.08. The molecule has 1 aromatic carbocycles. The van der Waals surface area contributed by atoms with Crippen molar-refractivity contribution < 1.29 is 8.78 Å². The van der Waals surface area contributed by atoms with E-state index in [1.54, 1.807) is 12.3 Å². The molecule has 0 fully saturated rings. The van der Waals surface area contributed by atoms with Crippen LogP contribution in [0.5, 0.6) is 0 Å². The van der Waals surface area contributed by atoms with E-state index < -0.39 is 11.6 Å². The summed E-state index contributed by atoms with van der Waals surface area (Å²) in [6.07, 6.45) is 3.02. The van der Waals surface area contributed by atoms with Gasteiger partial charge in [-0.25, -0.2) is 8.78 Å². The number of halogens is 2. The first-order valence-corrected chi connectivity index (χ1v) is 3.77. The smallest absolute Gasteiger partial charge is 0.150 e. The summed E-state index contributed by atoms with van der Waals surface area (Å²) >= 11 is 0. The van der Waals surface area contributed by atoms with Crippen LogP contribution in [0.1, 0.15) is 0 Å². The van der Waals surface area contributed by atoms with E-state index in [4.69, 9.17) is 0 Å². The summed E-state index contributed by atoms with van der Waals surface area (Å²) < 4.78 is 27.6. The highest BCUT2D eigenvalue weighted by molar-refractivity contribution is 5.35. The van der Waals surface area contributed by atoms with Crippen LogP contribution in [-0.4, -0.2) is 4.57 Å². The maximum atomic E-state index is 13.1. The van der Waals surface area contributed by atoms with Crippen molar-refractivity contribution in [3.8, 4) is 5.69 Å². The van der Waals surface area contributed by atoms with Crippen LogP contribution in [0.25, 0.3) is 5.69 Å². The van der Waals surface area contributed by atoms with E-state index in [2.05, 4.69) is 6.07 Å². The summed E-state index contributed by atoms with van der Waals surface area (Å²) in [5.74, 6) is -1.16. The Morgan fingerprint density at radius 3 is 2.38 bits per heavy atom. The largest absolute Gasteiger partial charge is 0.318 e. The summed E-state index contributed by atoms with van der Waals surface area (Å²) in [5.41, 5.74) is -0.0660. The van der Waals surface area contributed by atoms with E-state index >= 15 is 0 Å². The highest BCUT2D eigenvalue weighted by Gasteiger charge is 2.08. The molecule has 1 nitrogen and oxygen atoms in total. The Morgan fingerprint density at radius 1 is 1.15 bits per heavy atom. The molecule has 0 aliphatic carbocycles. The lowest BCUT2D eigenvalue weighted by molar-refractivity contribution is 0.569. The van der Waals surface area contributed by atoms with E-state index in [0.29, 0.717) is 0 Å². The first-order chi connectivity index (χ1) is 6.29. The summed E-state index contributed by atoms with van der Waals surface area (Å²) in [4.78, 5) is 0. The Labute approximate surface area is 74.2 Å². The standard InChI is InChI=1S/C10H6F2N/c11-8-4-3-5-9(12)10(8)13-6-1-2-7-13/h1,3-7H. The van der Waals surface area contributed by atoms with Crippen molar-refractivity contribution in [1.29, 1.82) is 0 Å². The Morgan fingerprint density at radius 2 is 1.85 bits per heavy atom. The average Bonchev–Trinajstić information content (AvgIpc) is 2.57. The zero-order valence-electron chi connectivity index (χ0n) is 6.67. The number of hydrogen-bond acceptors (Lipinski definition) is 0. The number of benzene rings is 1. The van der Waals surface area contributed by atoms with Crippen LogP contribution in [0, 0.1) is 17.7 Å². The van der Waals surface area contributed by atoms with Gasteiger partial charge in [0.15, 0.2) is 0 Å². The molecule has 1 heterocycles. The second kappa shape index (κ2) is 3.01. The van der Waals surface area contributed by atoms with Gasteiger partial charge in [-0.05, 0) is 18.2 Å². The van der Waals surface area contributed by atoms with Crippen LogP contribution in [0.4, 0.5) is 8.78 Å². The van der Waals surface area contributed by atoms with Crippen LogP contribution in [0.3, 0.4) is 0 Å². The van der Waals surface area contributed by atoms with Crippen LogP contribution >= 0.6 is 0 Å². The molecule has 65 valence electrons. The second-order valence-corrected chi connectivity index (χ2v) is 2.59. The topological polar surface area (TPSA) is 4.93 Å². The van der Waals surface area contributed by atoms with Crippen molar-refractivity contribution in [3.63, 3.8) is 0 Å². The predicted octanol–water partition coefficient (Wildman–Crippen LogP) is 2.56. The molecule has 1 radical (unpaired) electrons. The lowest BCUT2D eigenvalue weighted by atomic mass is 10.3. The van der Waals surface area contributed by atoms with Gasteiger partial charge in [-0.15, -0.1) is 0 Å². The third-order valence-electron chi connectivity index (χ3n) is 1.74. The van der Waals surface area contributed by atoms with Crippen LogP contribution in [0.2, 0.25) is 0 Å². The minimum absolute atomic E-state index is 0.0660. The van der Waals surface area contributed by atoms with Crippen LogP contribution < -0.4 is 0 Å². The molecule has 0 spiro atoms. The van der Waals surface area contributed by atoms with E-state index in [9.17, 15) is 8.78 Å². The molecule has 0 aliphatic rings. The van der Waals surface area contributed by atoms with Gasteiger partial charge in [0.05, 0.1) is 0 Å². The van der Waals surface area contributed by atoms with Gasteiger partial charge in [0.25, 0.3) is 0 Å². The summed E-state index contributed by atoms with van der Waals surface area (Å²) in [6.45, 7) is 0. The predicted molar refractivity (Wildman–Crippen MR) is 44.5 cm³/mol. The quantitative estimate of drug-likeness (QED) is 0.632. The van der Waals surface area contributed by atoms with Crippen molar-refractivity contribution >= 4 is 0 Å². The molecule has 3 heteroatoms. The lowest BCUT2D eigenvalue weighted by Crippen LogP contribution is -1.97. The molecule has 0 N–H and O–H groups in total. The monoisotopic (exact) mass is 178 g/mol. The SMILES string of the molecule is Fc1cccc(F)c1-n1c[c]cc1. The molecular weight excluding hydrogens is 172 g/mol. The summed E-state index contributed by atoms with van der Waals surface area (Å²) in [7, 11) is 0. The highest BCUT2D eigenvalue weighted by atomic mass is 19.1. The molecule has 0 saturated heterocycles. The Bertz CT molecular complexity index is 387. The van der Waals surface area contributed by atoms with Crippen molar-refractivity contribution in [2.24, 2.45) is 0 Å². The summed E-state index contributed by atoms with van der Waals surface area (Å²) in [5, 5.41) is 0. The number of hydrogen-bond donors (Lipinski definition) is 0. The van der Waals surface area contributed by atoms with Crippen molar-refractivity contribution in [2.45, 2.75) is 0 Å². The molecule has 0 atom stereocenters. The molecule has 0 unspecified atom stereocenters. The van der Waals surface area contributed by atoms with Gasteiger partial charge in [0, 0.05) is 18.5 Å². The van der Waals surface area contributed by atoms with E-state index in [1.165, 1.54) is 29.0 Å². The molecule has 2 rings (SSSR count). The zero-order chi connectivity index (χ0) is 9.26. The van der Waals surface area contributed by atoms with Gasteiger partial charge < -0.3 is 4.57 Å². The van der Waals surface area contributed by atoms with Gasteiger partial charge in [0.2, 0.25) is 0 Å². The number of nitrogens with zero attached hydrogens (tertiary/aromatic N) is 1. The fourth-order valence-corrected chi connectivity index (χ4v) is 1.16. The number of para-hydroxylation sites is 1. The van der Waals surface area contributed by atoms with Crippen molar-refractivity contribution in [1.82, 2.24) is 4.57 Å². The van der Waals surface area contributed by atoms with Gasteiger partial charge in [-0.2, -0.15) is 0 Å². The molecule has 2 aromatic rings. The fraction of sp³-hybridized carbons (Fsp3) is 0. The third-order valence-corrected chi connectivity index (χ3v) is 1.74. The Balaban J connectivity index is 2.64. The van der Waals surface area contributed by atoms with Crippen LogP contribution in [-0.2, 0) is 0 Å². The molecule has 13 heavy (non-hydrogen) atoms. The average molecular weight is 178 g/mol. The molecule has 1 aromatic heterocycles. The first-order valence-electron chi connectivity index (χ1n) is 3.77. The third kappa shape index (κ3) is 1.33. The van der Waals surface area contributed by atoms with Gasteiger partial charge >= 0.3 is 0 Å². The second-order valence-electron chi connectivity index (χ2n) is 2.59. The van der Waals surface area contributed by atoms with E-state index in [1.807, 2.05) is 0 Å². The van der Waals surface area contributed by atoms with Gasteiger partial charge in [-0.1, -0.05) is 6.07 Å². The number of aromatic nitrogens is 1. The highest BCUT2D eigenvalue weighted by Crippen LogP contribution is 2.16. The molecule has 0 aliphatic heterocycles. The molecule has 0 saturated carbocycles. The maximum absolute atomic E-state index is 13.1. The van der Waals surface area contributed by atoms with Crippen molar-refractivity contribution in [3.05, 3.63) is 54.4 Å². The first kappa shape index (κ1) is 7.98. The number of rotatable bonds is 1. The Kier molecular flexibility index (Phi) is 1.85. The van der Waals surface area contributed by atoms with Crippen LogP contribution in [0.15, 0.2) is 36.7 Å². The fourth-order valence-electron chi connectivity index (χ4n) is 1.16. The minimum Gasteiger partial charge on any atom is -0.318 e. The minimum atomic E-state index is -0.579. The van der Waals surface area contributed by atoms with E-state index in [0.717, 1.165) is 0 Å².